The zero-order chi connectivity index (χ0) is 38.4. The number of benzene rings is 8. The summed E-state index contributed by atoms with van der Waals surface area (Å²) in [7, 11) is 0. The van der Waals surface area contributed by atoms with Crippen LogP contribution in [-0.2, 0) is 0 Å². The van der Waals surface area contributed by atoms with Crippen molar-refractivity contribution < 1.29 is 0 Å². The molecule has 0 N–H and O–H groups in total. The molecule has 0 bridgehead atoms. The second-order valence-electron chi connectivity index (χ2n) is 15.0. The van der Waals surface area contributed by atoms with Crippen LogP contribution in [0.4, 0.5) is 11.4 Å². The summed E-state index contributed by atoms with van der Waals surface area (Å²) in [5.74, 6) is 0. The first-order valence-corrected chi connectivity index (χ1v) is 20.1. The minimum Gasteiger partial charge on any atom is -0.309 e. The second-order valence-corrected chi connectivity index (χ2v) is 15.0. The van der Waals surface area contributed by atoms with Crippen LogP contribution in [-0.4, -0.2) is 4.57 Å². The zero-order valence-corrected chi connectivity index (χ0v) is 31.9. The van der Waals surface area contributed by atoms with Crippen molar-refractivity contribution in [2.45, 2.75) is 12.8 Å². The highest BCUT2D eigenvalue weighted by molar-refractivity contribution is 6.09. The fourth-order valence-corrected chi connectivity index (χ4v) is 9.00. The lowest BCUT2D eigenvalue weighted by atomic mass is 9.92. The van der Waals surface area contributed by atoms with Crippen molar-refractivity contribution >= 4 is 61.2 Å². The molecule has 0 saturated heterocycles. The molecule has 2 heteroatoms. The average Bonchev–Trinajstić information content (AvgIpc) is 3.64. The summed E-state index contributed by atoms with van der Waals surface area (Å²) < 4.78 is 2.37. The lowest BCUT2D eigenvalue weighted by molar-refractivity contribution is 1.07. The van der Waals surface area contributed by atoms with Gasteiger partial charge in [0.2, 0.25) is 0 Å². The molecule has 0 fully saturated rings. The first-order chi connectivity index (χ1) is 28.8. The van der Waals surface area contributed by atoms with Gasteiger partial charge in [0, 0.05) is 33.3 Å². The van der Waals surface area contributed by atoms with Gasteiger partial charge in [-0.05, 0) is 117 Å². The Labute approximate surface area is 337 Å². The summed E-state index contributed by atoms with van der Waals surface area (Å²) in [4.78, 5) is 2.35. The van der Waals surface area contributed by atoms with Gasteiger partial charge in [-0.2, -0.15) is 0 Å². The van der Waals surface area contributed by atoms with Crippen LogP contribution in [0.3, 0.4) is 0 Å². The molecule has 0 atom stereocenters. The summed E-state index contributed by atoms with van der Waals surface area (Å²) in [5.41, 5.74) is 21.0. The zero-order valence-electron chi connectivity index (χ0n) is 31.9. The Morgan fingerprint density at radius 2 is 1.12 bits per heavy atom. The van der Waals surface area contributed by atoms with Gasteiger partial charge in [0.05, 0.1) is 22.4 Å². The van der Waals surface area contributed by atoms with E-state index in [-0.39, 0.29) is 0 Å². The first kappa shape index (κ1) is 33.7. The largest absolute Gasteiger partial charge is 0.309 e. The van der Waals surface area contributed by atoms with Crippen LogP contribution in [0.5, 0.6) is 0 Å². The van der Waals surface area contributed by atoms with Crippen molar-refractivity contribution in [2.24, 2.45) is 0 Å². The van der Waals surface area contributed by atoms with Crippen LogP contribution in [0.25, 0.3) is 66.6 Å². The number of anilines is 2. The Hall–Kier alpha value is -7.60. The molecule has 0 saturated carbocycles. The number of nitrogens with zero attached hydrogens (tertiary/aromatic N) is 2. The maximum absolute atomic E-state index is 3.62. The molecular formula is C56H38N2. The van der Waals surface area contributed by atoms with Gasteiger partial charge in [0.15, 0.2) is 0 Å². The van der Waals surface area contributed by atoms with E-state index in [1.807, 2.05) is 0 Å². The van der Waals surface area contributed by atoms with Gasteiger partial charge in [-0.25, -0.2) is 0 Å². The molecule has 2 aliphatic carbocycles. The van der Waals surface area contributed by atoms with Gasteiger partial charge in [-0.1, -0.05) is 157 Å². The van der Waals surface area contributed by atoms with Crippen molar-refractivity contribution in [1.29, 1.82) is 0 Å². The highest BCUT2D eigenvalue weighted by Crippen LogP contribution is 2.39. The Bertz CT molecular complexity index is 3290. The van der Waals surface area contributed by atoms with E-state index in [2.05, 4.69) is 227 Å². The molecule has 2 aliphatic rings. The van der Waals surface area contributed by atoms with Crippen LogP contribution < -0.4 is 15.3 Å². The Morgan fingerprint density at radius 1 is 0.483 bits per heavy atom. The molecule has 2 nitrogen and oxygen atoms in total. The Balaban J connectivity index is 1.05. The van der Waals surface area contributed by atoms with Crippen molar-refractivity contribution in [3.05, 3.63) is 239 Å². The number of aromatic nitrogens is 1. The lowest BCUT2D eigenvalue weighted by Gasteiger charge is -2.29. The van der Waals surface area contributed by atoms with Crippen molar-refractivity contribution in [2.75, 3.05) is 4.90 Å². The fraction of sp³-hybridized carbons (Fsp3) is 0.0357. The third-order valence-corrected chi connectivity index (χ3v) is 11.7. The molecular weight excluding hydrogens is 701 g/mol. The number of hydrogen-bond donors (Lipinski definition) is 0. The first-order valence-electron chi connectivity index (χ1n) is 20.1. The highest BCUT2D eigenvalue weighted by atomic mass is 15.1. The summed E-state index contributed by atoms with van der Waals surface area (Å²) >= 11 is 0. The van der Waals surface area contributed by atoms with Gasteiger partial charge in [-0.3, -0.25) is 0 Å². The third kappa shape index (κ3) is 5.76. The topological polar surface area (TPSA) is 8.17 Å². The monoisotopic (exact) mass is 738 g/mol. The van der Waals surface area contributed by atoms with E-state index < -0.39 is 0 Å². The van der Waals surface area contributed by atoms with Gasteiger partial charge in [0.25, 0.3) is 0 Å². The molecule has 0 aliphatic heterocycles. The van der Waals surface area contributed by atoms with E-state index in [9.17, 15) is 0 Å². The van der Waals surface area contributed by atoms with E-state index in [1.54, 1.807) is 0 Å². The molecule has 9 aromatic rings. The van der Waals surface area contributed by atoms with Crippen LogP contribution in [0, 0.1) is 0 Å². The maximum atomic E-state index is 3.62. The molecule has 11 rings (SSSR count). The number of hydrogen-bond acceptors (Lipinski definition) is 1. The summed E-state index contributed by atoms with van der Waals surface area (Å²) in [6.45, 7) is 0. The van der Waals surface area contributed by atoms with E-state index >= 15 is 0 Å². The average molecular weight is 739 g/mol. The molecule has 8 aromatic carbocycles. The standard InChI is InChI=1S/C56H38N2/c1-3-17-47-41(13-1)15-11-22-48(47)43-29-27-39(28-30-43)40-31-33-44(34-32-40)57(54-24-8-5-19-51(54)50-23-12-16-42-14-2-4-18-49(42)50)45-35-37-46(38-36-45)58-55-25-9-6-20-52(55)53-21-7-10-26-56(53)58/h1-11,13-22,24-31,33,35-38H,12,23H2. The molecule has 0 spiro atoms. The summed E-state index contributed by atoms with van der Waals surface area (Å²) in [5, 5.41) is 7.64. The minimum absolute atomic E-state index is 0.935. The SMILES string of the molecule is C1=C=C(N(c2ccc(-n3c4ccccc4c4ccccc43)cc2)c2ccccc2C2=c3ccccc3=CCC2)C=CC=1c1ccc(-c2cccc3ccccc23)cc1. The van der Waals surface area contributed by atoms with Crippen LogP contribution in [0.2, 0.25) is 0 Å². The molecule has 0 amide bonds. The van der Waals surface area contributed by atoms with E-state index in [4.69, 9.17) is 0 Å². The molecule has 0 radical (unpaired) electrons. The number of para-hydroxylation sites is 3. The number of fused-ring (bicyclic) bond motifs is 5. The molecule has 1 aromatic heterocycles. The van der Waals surface area contributed by atoms with Gasteiger partial charge < -0.3 is 9.47 Å². The van der Waals surface area contributed by atoms with Crippen molar-refractivity contribution in [3.63, 3.8) is 0 Å². The van der Waals surface area contributed by atoms with Crippen LogP contribution >= 0.6 is 0 Å². The van der Waals surface area contributed by atoms with Crippen LogP contribution in [0.1, 0.15) is 24.0 Å². The van der Waals surface area contributed by atoms with Crippen LogP contribution in [0.15, 0.2) is 217 Å². The predicted molar refractivity (Wildman–Crippen MR) is 244 cm³/mol. The third-order valence-electron chi connectivity index (χ3n) is 11.7. The van der Waals surface area contributed by atoms with E-state index in [0.717, 1.165) is 46.7 Å². The van der Waals surface area contributed by atoms with Crippen molar-refractivity contribution in [3.8, 4) is 16.8 Å². The number of allylic oxidation sites excluding steroid dienone is 3. The van der Waals surface area contributed by atoms with Gasteiger partial charge in [-0.15, -0.1) is 0 Å². The van der Waals surface area contributed by atoms with Gasteiger partial charge >= 0.3 is 0 Å². The minimum atomic E-state index is 0.935. The number of rotatable bonds is 7. The quantitative estimate of drug-likeness (QED) is 0.148. The summed E-state index contributed by atoms with van der Waals surface area (Å²) in [6, 6.07) is 67.9. The highest BCUT2D eigenvalue weighted by Gasteiger charge is 2.21. The smallest absolute Gasteiger partial charge is 0.0974 e. The Morgan fingerprint density at radius 3 is 1.90 bits per heavy atom. The predicted octanol–water partition coefficient (Wildman–Crippen LogP) is 12.8. The molecule has 272 valence electrons. The normalized spacial score (nSPS) is 13.3. The molecule has 58 heavy (non-hydrogen) atoms. The second kappa shape index (κ2) is 14.2. The van der Waals surface area contributed by atoms with E-state index in [1.165, 1.54) is 65.3 Å². The Kier molecular flexibility index (Phi) is 8.23. The molecule has 1 heterocycles. The van der Waals surface area contributed by atoms with E-state index in [0.29, 0.717) is 0 Å². The maximum Gasteiger partial charge on any atom is 0.0974 e. The van der Waals surface area contributed by atoms with Crippen molar-refractivity contribution in [1.82, 2.24) is 4.57 Å². The lowest BCUT2D eigenvalue weighted by Crippen LogP contribution is -2.30. The summed E-state index contributed by atoms with van der Waals surface area (Å²) in [6.07, 6.45) is 8.73. The fourth-order valence-electron chi connectivity index (χ4n) is 9.00. The van der Waals surface area contributed by atoms with Gasteiger partial charge in [0.1, 0.15) is 0 Å². The molecule has 0 unspecified atom stereocenters.